The van der Waals surface area contributed by atoms with Gasteiger partial charge in [-0.05, 0) is 12.3 Å². The van der Waals surface area contributed by atoms with E-state index in [0.29, 0.717) is 24.9 Å². The van der Waals surface area contributed by atoms with E-state index in [9.17, 15) is 25.6 Å². The highest BCUT2D eigenvalue weighted by atomic mass is 16.7. The van der Waals surface area contributed by atoms with E-state index in [1.807, 2.05) is 0 Å². The van der Waals surface area contributed by atoms with E-state index < -0.39 is 28.7 Å². The van der Waals surface area contributed by atoms with Crippen molar-refractivity contribution in [1.29, 1.82) is 0 Å². The molecule has 2 rings (SSSR count). The molecule has 0 aromatic heterocycles. The molecule has 7 nitrogen and oxygen atoms in total. The monoisotopic (exact) mass is 305 g/mol. The molecule has 0 amide bonds. The lowest BCUT2D eigenvalue weighted by Crippen LogP contribution is -2.67. The molecule has 21 heavy (non-hydrogen) atoms. The van der Waals surface area contributed by atoms with Crippen LogP contribution in [-0.2, 0) is 4.74 Å². The Balaban J connectivity index is 2.00. The van der Waals surface area contributed by atoms with Gasteiger partial charge in [0.15, 0.2) is 0 Å². The highest BCUT2D eigenvalue weighted by molar-refractivity contribution is 4.92. The zero-order valence-electron chi connectivity index (χ0n) is 12.7. The van der Waals surface area contributed by atoms with Gasteiger partial charge in [-0.15, -0.1) is 0 Å². The number of hydroxylamine groups is 3. The molecule has 0 saturated carbocycles. The van der Waals surface area contributed by atoms with Gasteiger partial charge >= 0.3 is 0 Å². The van der Waals surface area contributed by atoms with Gasteiger partial charge in [-0.3, -0.25) is 0 Å². The fourth-order valence-electron chi connectivity index (χ4n) is 3.52. The standard InChI is InChI=1S/C14H27NO6/c1-9(2)5-10-3-4-15(20,6-10)8-14(19)13(18)12(17)11(16)7-21-14/h9-13,16-19H,3-8H2,1-2H3. The van der Waals surface area contributed by atoms with Crippen LogP contribution < -0.4 is 0 Å². The van der Waals surface area contributed by atoms with Gasteiger partial charge in [-0.25, -0.2) is 0 Å². The van der Waals surface area contributed by atoms with Crippen LogP contribution >= 0.6 is 0 Å². The molecule has 2 aliphatic rings. The molecule has 2 saturated heterocycles. The summed E-state index contributed by atoms with van der Waals surface area (Å²) in [6, 6.07) is 0. The smallest absolute Gasteiger partial charge is 0.246 e. The van der Waals surface area contributed by atoms with Gasteiger partial charge in [0.05, 0.1) is 19.7 Å². The van der Waals surface area contributed by atoms with Crippen LogP contribution in [0.2, 0.25) is 0 Å². The van der Waals surface area contributed by atoms with Crippen molar-refractivity contribution in [2.75, 3.05) is 26.2 Å². The quantitative estimate of drug-likeness (QED) is 0.398. The second-order valence-corrected chi connectivity index (χ2v) is 7.07. The zero-order chi connectivity index (χ0) is 15.8. The summed E-state index contributed by atoms with van der Waals surface area (Å²) in [5, 5.41) is 52.1. The molecule has 6 unspecified atom stereocenters. The minimum Gasteiger partial charge on any atom is -0.633 e. The summed E-state index contributed by atoms with van der Waals surface area (Å²) in [7, 11) is 0. The Hall–Kier alpha value is -0.280. The number of hydrogen-bond donors (Lipinski definition) is 4. The van der Waals surface area contributed by atoms with Gasteiger partial charge in [0.2, 0.25) is 5.79 Å². The molecule has 0 bridgehead atoms. The number of quaternary nitrogens is 1. The predicted molar refractivity (Wildman–Crippen MR) is 74.7 cm³/mol. The van der Waals surface area contributed by atoms with Gasteiger partial charge in [0, 0.05) is 12.3 Å². The number of aliphatic hydroxyl groups excluding tert-OH is 3. The molecule has 124 valence electrons. The largest absolute Gasteiger partial charge is 0.633 e. The van der Waals surface area contributed by atoms with Crippen molar-refractivity contribution in [2.45, 2.75) is 50.8 Å². The van der Waals surface area contributed by atoms with E-state index in [0.717, 1.165) is 12.8 Å². The summed E-state index contributed by atoms with van der Waals surface area (Å²) in [6.45, 7) is 4.34. The number of rotatable bonds is 4. The van der Waals surface area contributed by atoms with E-state index in [2.05, 4.69) is 13.8 Å². The van der Waals surface area contributed by atoms with Crippen molar-refractivity contribution >= 4 is 0 Å². The number of ether oxygens (including phenoxy) is 1. The second kappa shape index (κ2) is 6.08. The van der Waals surface area contributed by atoms with E-state index in [4.69, 9.17) is 4.74 Å². The topological polar surface area (TPSA) is 113 Å². The number of aliphatic hydroxyl groups is 4. The van der Waals surface area contributed by atoms with Crippen molar-refractivity contribution in [2.24, 2.45) is 11.8 Å². The van der Waals surface area contributed by atoms with Gasteiger partial charge in [-0.1, -0.05) is 13.8 Å². The SMILES string of the molecule is CC(C)CC1CC[N+]([O-])(CC2(O)OCC(O)C(O)C2O)C1. The lowest BCUT2D eigenvalue weighted by Gasteiger charge is -2.48. The van der Waals surface area contributed by atoms with Gasteiger partial charge < -0.3 is 35.0 Å². The molecule has 7 heteroatoms. The highest BCUT2D eigenvalue weighted by Gasteiger charge is 2.53. The summed E-state index contributed by atoms with van der Waals surface area (Å²) in [4.78, 5) is 0. The van der Waals surface area contributed by atoms with Crippen molar-refractivity contribution in [1.82, 2.24) is 0 Å². The second-order valence-electron chi connectivity index (χ2n) is 7.07. The Bertz CT molecular complexity index is 367. The Morgan fingerprint density at radius 1 is 1.33 bits per heavy atom. The third-order valence-corrected chi connectivity index (χ3v) is 4.54. The molecule has 6 atom stereocenters. The first kappa shape index (κ1) is 17.1. The lowest BCUT2D eigenvalue weighted by atomic mass is 9.95. The summed E-state index contributed by atoms with van der Waals surface area (Å²) in [5.74, 6) is -1.28. The van der Waals surface area contributed by atoms with Gasteiger partial charge in [0.25, 0.3) is 0 Å². The molecular weight excluding hydrogens is 278 g/mol. The Kier molecular flexibility index (Phi) is 4.94. The van der Waals surface area contributed by atoms with Crippen LogP contribution in [0.5, 0.6) is 0 Å². The first-order valence-electron chi connectivity index (χ1n) is 7.63. The van der Waals surface area contributed by atoms with Crippen LogP contribution in [0.4, 0.5) is 0 Å². The molecule has 0 aromatic carbocycles. The van der Waals surface area contributed by atoms with Crippen molar-refractivity contribution in [3.05, 3.63) is 5.21 Å². The van der Waals surface area contributed by atoms with Crippen LogP contribution in [0.3, 0.4) is 0 Å². The summed E-state index contributed by atoms with van der Waals surface area (Å²) < 4.78 is 4.45. The van der Waals surface area contributed by atoms with Gasteiger partial charge in [-0.2, -0.15) is 0 Å². The predicted octanol–water partition coefficient (Wildman–Crippen LogP) is -0.831. The van der Waals surface area contributed by atoms with Crippen LogP contribution in [-0.4, -0.2) is 75.4 Å². The zero-order valence-corrected chi connectivity index (χ0v) is 12.7. The minimum atomic E-state index is -2.10. The van der Waals surface area contributed by atoms with E-state index in [1.54, 1.807) is 0 Å². The van der Waals surface area contributed by atoms with Crippen LogP contribution in [0.15, 0.2) is 0 Å². The summed E-state index contributed by atoms with van der Waals surface area (Å²) in [6.07, 6.45) is -2.70. The average Bonchev–Trinajstić information content (AvgIpc) is 2.72. The Morgan fingerprint density at radius 2 is 2.00 bits per heavy atom. The number of nitrogens with zero attached hydrogens (tertiary/aromatic N) is 1. The van der Waals surface area contributed by atoms with Crippen LogP contribution in [0.25, 0.3) is 0 Å². The average molecular weight is 305 g/mol. The van der Waals surface area contributed by atoms with E-state index in [-0.39, 0.29) is 13.2 Å². The summed E-state index contributed by atoms with van der Waals surface area (Å²) >= 11 is 0. The molecule has 4 N–H and O–H groups in total. The van der Waals surface area contributed by atoms with Crippen molar-refractivity contribution in [3.63, 3.8) is 0 Å². The van der Waals surface area contributed by atoms with Crippen molar-refractivity contribution in [3.8, 4) is 0 Å². The third kappa shape index (κ3) is 3.73. The summed E-state index contributed by atoms with van der Waals surface area (Å²) in [5.41, 5.74) is 0. The maximum Gasteiger partial charge on any atom is 0.246 e. The Labute approximate surface area is 124 Å². The molecule has 2 heterocycles. The third-order valence-electron chi connectivity index (χ3n) is 4.54. The Morgan fingerprint density at radius 3 is 2.62 bits per heavy atom. The van der Waals surface area contributed by atoms with Gasteiger partial charge in [0.1, 0.15) is 24.9 Å². The first-order chi connectivity index (χ1) is 9.65. The molecule has 2 fully saturated rings. The molecule has 2 aliphatic heterocycles. The highest BCUT2D eigenvalue weighted by Crippen LogP contribution is 2.33. The van der Waals surface area contributed by atoms with E-state index >= 15 is 0 Å². The van der Waals surface area contributed by atoms with E-state index in [1.165, 1.54) is 0 Å². The fraction of sp³-hybridized carbons (Fsp3) is 1.00. The molecule has 0 aromatic rings. The molecule has 0 radical (unpaired) electrons. The number of likely N-dealkylation sites (tertiary alicyclic amines) is 1. The maximum atomic E-state index is 12.7. The molecule has 0 aliphatic carbocycles. The minimum absolute atomic E-state index is 0.301. The lowest BCUT2D eigenvalue weighted by molar-refractivity contribution is -0.881. The maximum absolute atomic E-state index is 12.7. The van der Waals surface area contributed by atoms with Crippen molar-refractivity contribution < 1.29 is 29.8 Å². The normalized spacial score (nSPS) is 48.0. The first-order valence-corrected chi connectivity index (χ1v) is 7.63. The molecular formula is C14H27NO6. The van der Waals surface area contributed by atoms with Crippen LogP contribution in [0, 0.1) is 17.0 Å². The molecule has 0 spiro atoms. The van der Waals surface area contributed by atoms with Crippen LogP contribution in [0.1, 0.15) is 26.7 Å². The number of hydrogen-bond acceptors (Lipinski definition) is 6. The fourth-order valence-corrected chi connectivity index (χ4v) is 3.52.